The van der Waals surface area contributed by atoms with Crippen LogP contribution in [0.5, 0.6) is 0 Å². The van der Waals surface area contributed by atoms with E-state index in [9.17, 15) is 14.4 Å². The van der Waals surface area contributed by atoms with Crippen molar-refractivity contribution >= 4 is 17.8 Å². The molecule has 1 N–H and O–H groups in total. The predicted octanol–water partition coefficient (Wildman–Crippen LogP) is 3.96. The maximum Gasteiger partial charge on any atom is 0.325 e. The number of nitrogens with one attached hydrogen (secondary N) is 1. The third-order valence-electron chi connectivity index (χ3n) is 8.20. The first kappa shape index (κ1) is 21.5. The number of urea groups is 1. The van der Waals surface area contributed by atoms with Gasteiger partial charge in [-0.2, -0.15) is 0 Å². The number of carbonyl (C=O) groups is 3. The van der Waals surface area contributed by atoms with Gasteiger partial charge in [-0.3, -0.25) is 14.5 Å². The lowest BCUT2D eigenvalue weighted by Gasteiger charge is -2.42. The highest BCUT2D eigenvalue weighted by Gasteiger charge is 2.53. The Morgan fingerprint density at radius 2 is 1.53 bits per heavy atom. The van der Waals surface area contributed by atoms with E-state index in [0.717, 1.165) is 63.4 Å². The minimum atomic E-state index is -0.897. The van der Waals surface area contributed by atoms with Crippen molar-refractivity contribution < 1.29 is 14.4 Å². The number of amides is 4. The highest BCUT2D eigenvalue weighted by molar-refractivity contribution is 6.09. The van der Waals surface area contributed by atoms with Crippen LogP contribution in [0.1, 0.15) is 81.8 Å². The highest BCUT2D eigenvalue weighted by atomic mass is 16.2. The molecule has 1 spiro atoms. The fourth-order valence-corrected chi connectivity index (χ4v) is 6.49. The molecule has 6 heteroatoms. The summed E-state index contributed by atoms with van der Waals surface area (Å²) in [5.74, 6) is -0.266. The molecule has 1 atom stereocenters. The molecule has 0 bridgehead atoms. The largest absolute Gasteiger partial charge is 0.335 e. The number of benzene rings is 1. The summed E-state index contributed by atoms with van der Waals surface area (Å²) in [6.07, 6.45) is 13.2. The van der Waals surface area contributed by atoms with Crippen molar-refractivity contribution in [2.45, 2.75) is 101 Å². The van der Waals surface area contributed by atoms with E-state index >= 15 is 0 Å². The van der Waals surface area contributed by atoms with Gasteiger partial charge in [-0.15, -0.1) is 0 Å². The fraction of sp³-hybridized carbons (Fsp3) is 0.654. The molecule has 5 rings (SSSR count). The Morgan fingerprint density at radius 3 is 2.16 bits per heavy atom. The molecule has 0 radical (unpaired) electrons. The van der Waals surface area contributed by atoms with Crippen LogP contribution in [0, 0.1) is 0 Å². The lowest BCUT2D eigenvalue weighted by molar-refractivity contribution is -0.143. The second kappa shape index (κ2) is 8.87. The average molecular weight is 438 g/mol. The Bertz CT molecular complexity index is 870. The Labute approximate surface area is 190 Å². The van der Waals surface area contributed by atoms with Crippen LogP contribution in [0.2, 0.25) is 0 Å². The summed E-state index contributed by atoms with van der Waals surface area (Å²) in [5, 5.41) is 2.98. The van der Waals surface area contributed by atoms with Crippen LogP contribution in [0.25, 0.3) is 0 Å². The molecule has 3 fully saturated rings. The van der Waals surface area contributed by atoms with E-state index in [1.807, 2.05) is 18.2 Å². The number of fused-ring (bicyclic) bond motifs is 1. The second-order valence-corrected chi connectivity index (χ2v) is 10.2. The van der Waals surface area contributed by atoms with E-state index in [1.54, 1.807) is 0 Å². The van der Waals surface area contributed by atoms with Crippen molar-refractivity contribution in [2.24, 2.45) is 0 Å². The Hall–Kier alpha value is -2.37. The topological polar surface area (TPSA) is 69.7 Å². The van der Waals surface area contributed by atoms with Gasteiger partial charge >= 0.3 is 6.03 Å². The summed E-state index contributed by atoms with van der Waals surface area (Å²) >= 11 is 0. The van der Waals surface area contributed by atoms with E-state index in [4.69, 9.17) is 0 Å². The molecule has 32 heavy (non-hydrogen) atoms. The number of rotatable bonds is 4. The molecule has 1 aromatic carbocycles. The number of carbonyl (C=O) groups excluding carboxylic acids is 3. The Balaban J connectivity index is 1.33. The van der Waals surface area contributed by atoms with E-state index < -0.39 is 11.6 Å². The SMILES string of the molecule is O=C1NC2(CCc3ccccc3C2)C(=O)N1CC(=O)N(C1CCCCC1)C1CCCCC1. The van der Waals surface area contributed by atoms with Crippen LogP contribution in [-0.4, -0.2) is 51.8 Å². The fourth-order valence-electron chi connectivity index (χ4n) is 6.49. The number of hydrogen-bond acceptors (Lipinski definition) is 3. The standard InChI is InChI=1S/C26H35N3O3/c30-23(29(21-11-3-1-4-12-21)22-13-5-2-6-14-22)18-28-24(31)26(27-25(28)32)16-15-19-9-7-8-10-20(19)17-26/h7-10,21-22H,1-6,11-18H2,(H,27,32). The molecule has 1 aliphatic heterocycles. The molecule has 1 saturated heterocycles. The smallest absolute Gasteiger partial charge is 0.325 e. The lowest BCUT2D eigenvalue weighted by atomic mass is 9.78. The minimum Gasteiger partial charge on any atom is -0.335 e. The van der Waals surface area contributed by atoms with Gasteiger partial charge in [0.25, 0.3) is 5.91 Å². The number of aryl methyl sites for hydroxylation is 1. The summed E-state index contributed by atoms with van der Waals surface area (Å²) in [5.41, 5.74) is 1.47. The van der Waals surface area contributed by atoms with Gasteiger partial charge in [-0.25, -0.2) is 4.79 Å². The first-order chi connectivity index (χ1) is 15.6. The molecule has 2 saturated carbocycles. The highest BCUT2D eigenvalue weighted by Crippen LogP contribution is 2.35. The van der Waals surface area contributed by atoms with Gasteiger partial charge in [-0.05, 0) is 49.7 Å². The monoisotopic (exact) mass is 437 g/mol. The maximum absolute atomic E-state index is 13.6. The van der Waals surface area contributed by atoms with Crippen LogP contribution in [-0.2, 0) is 22.4 Å². The van der Waals surface area contributed by atoms with Crippen LogP contribution in [0.4, 0.5) is 4.79 Å². The van der Waals surface area contributed by atoms with Crippen LogP contribution in [0.3, 0.4) is 0 Å². The van der Waals surface area contributed by atoms with E-state index in [-0.39, 0.29) is 30.4 Å². The zero-order valence-corrected chi connectivity index (χ0v) is 19.0. The quantitative estimate of drug-likeness (QED) is 0.725. The summed E-state index contributed by atoms with van der Waals surface area (Å²) in [7, 11) is 0. The summed E-state index contributed by atoms with van der Waals surface area (Å²) in [6, 6.07) is 8.24. The molecule has 1 heterocycles. The van der Waals surface area contributed by atoms with Crippen LogP contribution in [0.15, 0.2) is 24.3 Å². The van der Waals surface area contributed by atoms with Crippen molar-refractivity contribution in [1.29, 1.82) is 0 Å². The van der Waals surface area contributed by atoms with E-state index in [1.165, 1.54) is 23.3 Å². The van der Waals surface area contributed by atoms with Gasteiger partial charge in [0.1, 0.15) is 12.1 Å². The Morgan fingerprint density at radius 1 is 0.938 bits per heavy atom. The zero-order chi connectivity index (χ0) is 22.1. The van der Waals surface area contributed by atoms with Gasteiger partial charge < -0.3 is 10.2 Å². The number of nitrogens with zero attached hydrogens (tertiary/aromatic N) is 2. The average Bonchev–Trinajstić information content (AvgIpc) is 3.04. The Kier molecular flexibility index (Phi) is 5.95. The molecule has 1 unspecified atom stereocenters. The third-order valence-corrected chi connectivity index (χ3v) is 8.20. The number of hydrogen-bond donors (Lipinski definition) is 1. The minimum absolute atomic E-state index is 0.0411. The first-order valence-electron chi connectivity index (χ1n) is 12.6. The van der Waals surface area contributed by atoms with Gasteiger partial charge in [0.15, 0.2) is 0 Å². The van der Waals surface area contributed by atoms with Crippen molar-refractivity contribution in [3.63, 3.8) is 0 Å². The van der Waals surface area contributed by atoms with Crippen molar-refractivity contribution in [3.8, 4) is 0 Å². The zero-order valence-electron chi connectivity index (χ0n) is 19.0. The van der Waals surface area contributed by atoms with Gasteiger partial charge in [0.05, 0.1) is 0 Å². The molecular formula is C26H35N3O3. The normalized spacial score (nSPS) is 26.8. The van der Waals surface area contributed by atoms with Crippen LogP contribution >= 0.6 is 0 Å². The van der Waals surface area contributed by atoms with Crippen LogP contribution < -0.4 is 5.32 Å². The molecule has 0 aromatic heterocycles. The third kappa shape index (κ3) is 3.93. The van der Waals surface area contributed by atoms with Gasteiger partial charge in [-0.1, -0.05) is 62.8 Å². The van der Waals surface area contributed by atoms with Crippen molar-refractivity contribution in [2.75, 3.05) is 6.54 Å². The van der Waals surface area contributed by atoms with E-state index in [0.29, 0.717) is 12.8 Å². The molecular weight excluding hydrogens is 402 g/mol. The molecule has 172 valence electrons. The summed E-state index contributed by atoms with van der Waals surface area (Å²) in [4.78, 5) is 43.3. The van der Waals surface area contributed by atoms with E-state index in [2.05, 4.69) is 16.3 Å². The van der Waals surface area contributed by atoms with Crippen molar-refractivity contribution in [3.05, 3.63) is 35.4 Å². The van der Waals surface area contributed by atoms with Crippen molar-refractivity contribution in [1.82, 2.24) is 15.1 Å². The molecule has 6 nitrogen and oxygen atoms in total. The number of imide groups is 1. The molecule has 4 aliphatic rings. The summed E-state index contributed by atoms with van der Waals surface area (Å²) < 4.78 is 0. The summed E-state index contributed by atoms with van der Waals surface area (Å²) in [6.45, 7) is -0.124. The molecule has 1 aromatic rings. The predicted molar refractivity (Wildman–Crippen MR) is 122 cm³/mol. The maximum atomic E-state index is 13.6. The van der Waals surface area contributed by atoms with Gasteiger partial charge in [0.2, 0.25) is 5.91 Å². The second-order valence-electron chi connectivity index (χ2n) is 10.2. The van der Waals surface area contributed by atoms with Gasteiger partial charge in [0, 0.05) is 18.5 Å². The molecule has 3 aliphatic carbocycles. The lowest BCUT2D eigenvalue weighted by Crippen LogP contribution is -2.54. The first-order valence-corrected chi connectivity index (χ1v) is 12.6. The molecule has 4 amide bonds.